The molecule has 0 saturated carbocycles. The number of hydrogen-bond acceptors (Lipinski definition) is 3. The van der Waals surface area contributed by atoms with Gasteiger partial charge >= 0.3 is 0 Å². The molecule has 4 aliphatic rings. The molecule has 4 atom stereocenters. The van der Waals surface area contributed by atoms with Crippen molar-refractivity contribution < 1.29 is 8.42 Å². The molecule has 3 heterocycles. The Balaban J connectivity index is 1.50. The molecule has 2 bridgehead atoms. The predicted molar refractivity (Wildman–Crippen MR) is 107 cm³/mol. The maximum Gasteiger partial charge on any atom is 0.243 e. The second-order valence-corrected chi connectivity index (χ2v) is 10.9. The Morgan fingerprint density at radius 2 is 1.85 bits per heavy atom. The summed E-state index contributed by atoms with van der Waals surface area (Å²) in [6.07, 6.45) is 9.50. The molecule has 27 heavy (non-hydrogen) atoms. The lowest BCUT2D eigenvalue weighted by Gasteiger charge is -2.54. The molecule has 0 unspecified atom stereocenters. The second kappa shape index (κ2) is 6.87. The van der Waals surface area contributed by atoms with Crippen molar-refractivity contribution in [1.82, 2.24) is 9.21 Å². The van der Waals surface area contributed by atoms with Crippen LogP contribution in [-0.2, 0) is 10.0 Å². The fourth-order valence-corrected chi connectivity index (χ4v) is 7.79. The summed E-state index contributed by atoms with van der Waals surface area (Å²) in [7, 11) is -3.50. The molecule has 0 aromatic heterocycles. The Hall–Kier alpha value is -0.880. The molecule has 0 N–H and O–H groups in total. The monoisotopic (exact) mass is 406 g/mol. The van der Waals surface area contributed by atoms with Crippen LogP contribution < -0.4 is 0 Å². The van der Waals surface area contributed by atoms with E-state index in [2.05, 4.69) is 11.0 Å². The van der Waals surface area contributed by atoms with Gasteiger partial charge in [0.05, 0.1) is 10.9 Å². The van der Waals surface area contributed by atoms with Crippen LogP contribution >= 0.6 is 11.6 Å². The molecule has 3 aliphatic heterocycles. The first-order valence-electron chi connectivity index (χ1n) is 10.3. The van der Waals surface area contributed by atoms with Crippen molar-refractivity contribution in [3.05, 3.63) is 40.9 Å². The van der Waals surface area contributed by atoms with Gasteiger partial charge in [-0.2, -0.15) is 4.31 Å². The summed E-state index contributed by atoms with van der Waals surface area (Å²) in [5.41, 5.74) is 1.38. The minimum absolute atomic E-state index is 0.0403. The smallest absolute Gasteiger partial charge is 0.243 e. The van der Waals surface area contributed by atoms with Crippen LogP contribution in [-0.4, -0.2) is 49.3 Å². The van der Waals surface area contributed by atoms with Crippen molar-refractivity contribution in [3.63, 3.8) is 0 Å². The van der Waals surface area contributed by atoms with Crippen molar-refractivity contribution in [3.8, 4) is 0 Å². The first kappa shape index (κ1) is 18.2. The van der Waals surface area contributed by atoms with Crippen molar-refractivity contribution >= 4 is 21.6 Å². The Morgan fingerprint density at radius 1 is 1.04 bits per heavy atom. The van der Waals surface area contributed by atoms with Gasteiger partial charge < -0.3 is 0 Å². The Bertz CT molecular complexity index is 851. The van der Waals surface area contributed by atoms with Gasteiger partial charge in [0.1, 0.15) is 0 Å². The van der Waals surface area contributed by atoms with E-state index in [0.717, 1.165) is 25.8 Å². The number of piperidine rings is 3. The lowest BCUT2D eigenvalue weighted by Crippen LogP contribution is -2.59. The fourth-order valence-electron chi connectivity index (χ4n) is 5.94. The van der Waals surface area contributed by atoms with Crippen molar-refractivity contribution in [2.24, 2.45) is 11.8 Å². The topological polar surface area (TPSA) is 40.6 Å². The first-order chi connectivity index (χ1) is 13.0. The number of fused-ring (bicyclic) bond motifs is 6. The average molecular weight is 407 g/mol. The average Bonchev–Trinajstić information content (AvgIpc) is 2.68. The third-order valence-electron chi connectivity index (χ3n) is 7.03. The summed E-state index contributed by atoms with van der Waals surface area (Å²) in [6.45, 7) is 2.85. The number of hydrogen-bond donors (Lipinski definition) is 0. The van der Waals surface area contributed by atoms with Gasteiger partial charge in [0.25, 0.3) is 0 Å². The quantitative estimate of drug-likeness (QED) is 0.699. The predicted octanol–water partition coefficient (Wildman–Crippen LogP) is 3.92. The molecular formula is C21H27ClN2O2S. The molecule has 1 aromatic rings. The van der Waals surface area contributed by atoms with E-state index >= 15 is 0 Å². The molecular weight excluding hydrogens is 380 g/mol. The maximum atomic E-state index is 13.4. The normalized spacial score (nSPS) is 34.5. The minimum Gasteiger partial charge on any atom is -0.299 e. The number of rotatable bonds is 2. The van der Waals surface area contributed by atoms with E-state index in [4.69, 9.17) is 11.6 Å². The van der Waals surface area contributed by atoms with Gasteiger partial charge in [-0.15, -0.1) is 0 Å². The van der Waals surface area contributed by atoms with E-state index < -0.39 is 10.0 Å². The zero-order chi connectivity index (χ0) is 18.6. The number of benzene rings is 1. The third-order valence-corrected chi connectivity index (χ3v) is 9.18. The maximum absolute atomic E-state index is 13.4. The van der Waals surface area contributed by atoms with Gasteiger partial charge in [0, 0.05) is 24.2 Å². The van der Waals surface area contributed by atoms with E-state index in [9.17, 15) is 8.42 Å². The van der Waals surface area contributed by atoms with Gasteiger partial charge in [-0.05, 0) is 74.8 Å². The van der Waals surface area contributed by atoms with E-state index in [-0.39, 0.29) is 6.04 Å². The summed E-state index contributed by atoms with van der Waals surface area (Å²) < 4.78 is 28.7. The molecule has 1 aromatic carbocycles. The summed E-state index contributed by atoms with van der Waals surface area (Å²) in [5.74, 6) is 1.04. The van der Waals surface area contributed by atoms with Crippen molar-refractivity contribution in [1.29, 1.82) is 0 Å². The molecule has 146 valence electrons. The first-order valence-corrected chi connectivity index (χ1v) is 12.1. The summed E-state index contributed by atoms with van der Waals surface area (Å²) >= 11 is 5.97. The van der Waals surface area contributed by atoms with E-state index in [0.29, 0.717) is 34.3 Å². The lowest BCUT2D eigenvalue weighted by molar-refractivity contribution is 0.0149. The van der Waals surface area contributed by atoms with Crippen molar-refractivity contribution in [2.45, 2.75) is 55.5 Å². The van der Waals surface area contributed by atoms with E-state index in [1.807, 2.05) is 0 Å². The van der Waals surface area contributed by atoms with Crippen LogP contribution in [0.1, 0.15) is 38.5 Å². The second-order valence-electron chi connectivity index (χ2n) is 8.58. The summed E-state index contributed by atoms with van der Waals surface area (Å²) in [4.78, 5) is 3.01. The van der Waals surface area contributed by atoms with Gasteiger partial charge in [0.2, 0.25) is 10.0 Å². The Kier molecular flexibility index (Phi) is 4.62. The molecule has 0 spiro atoms. The van der Waals surface area contributed by atoms with Crippen molar-refractivity contribution in [2.75, 3.05) is 19.6 Å². The number of halogens is 1. The molecule has 4 nitrogen and oxygen atoms in total. The van der Waals surface area contributed by atoms with E-state index in [1.165, 1.54) is 31.4 Å². The molecule has 0 amide bonds. The largest absolute Gasteiger partial charge is 0.299 e. The van der Waals surface area contributed by atoms with Gasteiger partial charge in [0.15, 0.2) is 0 Å². The van der Waals surface area contributed by atoms with Gasteiger partial charge in [-0.3, -0.25) is 4.90 Å². The third kappa shape index (κ3) is 3.07. The van der Waals surface area contributed by atoms with Crippen LogP contribution in [0, 0.1) is 11.8 Å². The summed E-state index contributed by atoms with van der Waals surface area (Å²) in [6, 6.07) is 7.35. The Labute approximate surface area is 167 Å². The molecule has 3 saturated heterocycles. The SMILES string of the molecule is O=S(=O)(c1ccc(Cl)cc1)N1CCCC2=C[C@H]3C[C@H](CN4CCCC[C@H]34)[C@@H]21. The zero-order valence-corrected chi connectivity index (χ0v) is 17.1. The highest BCUT2D eigenvalue weighted by atomic mass is 35.5. The highest BCUT2D eigenvalue weighted by Gasteiger charge is 2.48. The van der Waals surface area contributed by atoms with Crippen LogP contribution in [0.5, 0.6) is 0 Å². The van der Waals surface area contributed by atoms with Gasteiger partial charge in [-0.1, -0.05) is 29.7 Å². The molecule has 5 rings (SSSR count). The van der Waals surface area contributed by atoms with Crippen LogP contribution in [0.4, 0.5) is 0 Å². The highest BCUT2D eigenvalue weighted by molar-refractivity contribution is 7.89. The standard InChI is InChI=1S/C21H27ClN2O2S/c22-18-6-8-19(9-7-18)27(25,26)24-11-3-4-15-12-16-13-17(21(15)24)14-23-10-2-1-5-20(16)23/h6-9,12,16-17,20-21H,1-5,10-11,13-14H2/t16-,17+,20+,21+/m0/s1. The number of sulfonamides is 1. The fraction of sp³-hybridized carbons (Fsp3) is 0.619. The zero-order valence-electron chi connectivity index (χ0n) is 15.6. The van der Waals surface area contributed by atoms with E-state index in [1.54, 1.807) is 28.6 Å². The highest BCUT2D eigenvalue weighted by Crippen LogP contribution is 2.46. The number of nitrogens with zero attached hydrogens (tertiary/aromatic N) is 2. The lowest BCUT2D eigenvalue weighted by atomic mass is 9.68. The molecule has 1 aliphatic carbocycles. The molecule has 0 radical (unpaired) electrons. The van der Waals surface area contributed by atoms with Crippen LogP contribution in [0.15, 0.2) is 40.8 Å². The minimum atomic E-state index is -3.50. The summed E-state index contributed by atoms with van der Waals surface area (Å²) in [5, 5.41) is 0.567. The molecule has 6 heteroatoms. The van der Waals surface area contributed by atoms with Crippen LogP contribution in [0.2, 0.25) is 5.02 Å². The van der Waals surface area contributed by atoms with Crippen LogP contribution in [0.3, 0.4) is 0 Å². The van der Waals surface area contributed by atoms with Gasteiger partial charge in [-0.25, -0.2) is 8.42 Å². The molecule has 3 fully saturated rings. The Morgan fingerprint density at radius 3 is 2.67 bits per heavy atom. The van der Waals surface area contributed by atoms with Crippen LogP contribution in [0.25, 0.3) is 0 Å².